The number of thiazole rings is 1. The molecule has 2 heterocycles. The van der Waals surface area contributed by atoms with Crippen molar-refractivity contribution < 1.29 is 8.42 Å². The van der Waals surface area contributed by atoms with Gasteiger partial charge in [-0.15, -0.1) is 11.3 Å². The van der Waals surface area contributed by atoms with Crippen molar-refractivity contribution in [1.82, 2.24) is 14.6 Å². The number of sulfonamides is 1. The van der Waals surface area contributed by atoms with Crippen LogP contribution >= 0.6 is 11.3 Å². The maximum atomic E-state index is 12.6. The number of hydrogen-bond donors (Lipinski definition) is 1. The molecule has 2 aromatic carbocycles. The van der Waals surface area contributed by atoms with Crippen molar-refractivity contribution in [3.63, 3.8) is 0 Å². The van der Waals surface area contributed by atoms with Crippen LogP contribution in [0, 0.1) is 11.3 Å². The molecule has 1 saturated heterocycles. The normalized spacial score (nSPS) is 17.3. The molecule has 6 nitrogen and oxygen atoms in total. The highest BCUT2D eigenvalue weighted by Crippen LogP contribution is 2.23. The third kappa shape index (κ3) is 4.71. The third-order valence-electron chi connectivity index (χ3n) is 4.91. The van der Waals surface area contributed by atoms with E-state index in [0.29, 0.717) is 12.1 Å². The fourth-order valence-corrected chi connectivity index (χ4v) is 5.42. The van der Waals surface area contributed by atoms with Gasteiger partial charge in [0.05, 0.1) is 16.5 Å². The van der Waals surface area contributed by atoms with E-state index >= 15 is 0 Å². The van der Waals surface area contributed by atoms with Crippen molar-refractivity contribution in [2.45, 2.75) is 23.9 Å². The maximum absolute atomic E-state index is 12.6. The Hall–Kier alpha value is -2.57. The van der Waals surface area contributed by atoms with E-state index in [1.807, 2.05) is 11.4 Å². The molecule has 148 valence electrons. The number of rotatable bonds is 6. The second kappa shape index (κ2) is 8.43. The van der Waals surface area contributed by atoms with Crippen LogP contribution in [0.4, 0.5) is 0 Å². The molecule has 1 atom stereocenters. The minimum absolute atomic E-state index is 0.132. The molecule has 0 saturated carbocycles. The van der Waals surface area contributed by atoms with Gasteiger partial charge in [-0.25, -0.2) is 18.1 Å². The van der Waals surface area contributed by atoms with Gasteiger partial charge in [0.2, 0.25) is 10.0 Å². The standard InChI is InChI=1S/C21H20N4O2S2/c22-13-17-2-1-3-20(12-17)29(26,27)24-19-8-10-25(15-19)14-16-4-6-18(7-5-16)21-23-9-11-28-21/h1-7,9,11-12,19,24H,8,10,14-15H2/t19-/m1/s1. The third-order valence-corrected chi connectivity index (χ3v) is 7.25. The molecular formula is C21H20N4O2S2. The largest absolute Gasteiger partial charge is 0.297 e. The zero-order chi connectivity index (χ0) is 20.3. The molecule has 1 aliphatic heterocycles. The molecule has 4 rings (SSSR count). The molecule has 1 fully saturated rings. The van der Waals surface area contributed by atoms with E-state index in [9.17, 15) is 8.42 Å². The topological polar surface area (TPSA) is 86.1 Å². The number of benzene rings is 2. The summed E-state index contributed by atoms with van der Waals surface area (Å²) in [6, 6.07) is 16.3. The van der Waals surface area contributed by atoms with Crippen LogP contribution in [0.25, 0.3) is 10.6 Å². The first kappa shape index (κ1) is 19.7. The molecule has 29 heavy (non-hydrogen) atoms. The predicted molar refractivity (Wildman–Crippen MR) is 113 cm³/mol. The van der Waals surface area contributed by atoms with Gasteiger partial charge in [-0.2, -0.15) is 5.26 Å². The molecule has 8 heteroatoms. The minimum Gasteiger partial charge on any atom is -0.297 e. The Morgan fingerprint density at radius 3 is 2.79 bits per heavy atom. The molecule has 0 spiro atoms. The lowest BCUT2D eigenvalue weighted by atomic mass is 10.1. The SMILES string of the molecule is N#Cc1cccc(S(=O)(=O)N[C@@H]2CCN(Cc3ccc(-c4nccs4)cc3)C2)c1. The summed E-state index contributed by atoms with van der Waals surface area (Å²) in [6.45, 7) is 2.27. The molecule has 0 radical (unpaired) electrons. The number of hydrogen-bond acceptors (Lipinski definition) is 6. The monoisotopic (exact) mass is 424 g/mol. The van der Waals surface area contributed by atoms with Crippen molar-refractivity contribution in [2.75, 3.05) is 13.1 Å². The fraction of sp³-hybridized carbons (Fsp3) is 0.238. The first-order valence-electron chi connectivity index (χ1n) is 9.27. The van der Waals surface area contributed by atoms with Crippen molar-refractivity contribution in [1.29, 1.82) is 5.26 Å². The first-order valence-corrected chi connectivity index (χ1v) is 11.6. The van der Waals surface area contributed by atoms with Gasteiger partial charge < -0.3 is 0 Å². The lowest BCUT2D eigenvalue weighted by Gasteiger charge is -2.17. The molecule has 0 unspecified atom stereocenters. The summed E-state index contributed by atoms with van der Waals surface area (Å²) in [5.74, 6) is 0. The van der Waals surface area contributed by atoms with Crippen molar-refractivity contribution in [3.8, 4) is 16.6 Å². The van der Waals surface area contributed by atoms with E-state index in [4.69, 9.17) is 5.26 Å². The van der Waals surface area contributed by atoms with Gasteiger partial charge in [-0.05, 0) is 30.2 Å². The lowest BCUT2D eigenvalue weighted by Crippen LogP contribution is -2.37. The van der Waals surface area contributed by atoms with Gasteiger partial charge in [-0.3, -0.25) is 4.90 Å². The Morgan fingerprint density at radius 1 is 1.24 bits per heavy atom. The molecular weight excluding hydrogens is 404 g/mol. The van der Waals surface area contributed by atoms with Crippen LogP contribution in [0.15, 0.2) is 65.0 Å². The van der Waals surface area contributed by atoms with E-state index in [1.165, 1.54) is 17.7 Å². The van der Waals surface area contributed by atoms with Crippen LogP contribution in [0.2, 0.25) is 0 Å². The van der Waals surface area contributed by atoms with Crippen LogP contribution in [-0.2, 0) is 16.6 Å². The minimum atomic E-state index is -3.64. The van der Waals surface area contributed by atoms with Gasteiger partial charge in [0.15, 0.2) is 0 Å². The Balaban J connectivity index is 1.36. The molecule has 0 amide bonds. The van der Waals surface area contributed by atoms with E-state index in [-0.39, 0.29) is 10.9 Å². The van der Waals surface area contributed by atoms with Crippen LogP contribution in [0.3, 0.4) is 0 Å². The lowest BCUT2D eigenvalue weighted by molar-refractivity contribution is 0.324. The molecule has 0 bridgehead atoms. The summed E-state index contributed by atoms with van der Waals surface area (Å²) in [5.41, 5.74) is 2.63. The number of likely N-dealkylation sites (tertiary alicyclic amines) is 1. The summed E-state index contributed by atoms with van der Waals surface area (Å²) in [5, 5.41) is 12.0. The number of nitrogens with one attached hydrogen (secondary N) is 1. The average Bonchev–Trinajstić information content (AvgIpc) is 3.41. The van der Waals surface area contributed by atoms with Crippen molar-refractivity contribution in [2.24, 2.45) is 0 Å². The average molecular weight is 425 g/mol. The summed E-state index contributed by atoms with van der Waals surface area (Å²) in [7, 11) is -3.64. The first-order chi connectivity index (χ1) is 14.0. The number of nitriles is 1. The summed E-state index contributed by atoms with van der Waals surface area (Å²) >= 11 is 1.62. The van der Waals surface area contributed by atoms with E-state index in [0.717, 1.165) is 30.1 Å². The van der Waals surface area contributed by atoms with Gasteiger partial charge in [0.1, 0.15) is 5.01 Å². The van der Waals surface area contributed by atoms with Gasteiger partial charge in [0.25, 0.3) is 0 Å². The maximum Gasteiger partial charge on any atom is 0.240 e. The highest BCUT2D eigenvalue weighted by molar-refractivity contribution is 7.89. The van der Waals surface area contributed by atoms with E-state index in [2.05, 4.69) is 38.9 Å². The Kier molecular flexibility index (Phi) is 5.74. The highest BCUT2D eigenvalue weighted by Gasteiger charge is 2.27. The molecule has 1 aromatic heterocycles. The van der Waals surface area contributed by atoms with Crippen LogP contribution in [-0.4, -0.2) is 37.4 Å². The highest BCUT2D eigenvalue weighted by atomic mass is 32.2. The second-order valence-electron chi connectivity index (χ2n) is 7.02. The quantitative estimate of drug-likeness (QED) is 0.657. The molecule has 0 aliphatic carbocycles. The number of aromatic nitrogens is 1. The Bertz CT molecular complexity index is 1120. The van der Waals surface area contributed by atoms with Crippen LogP contribution in [0.1, 0.15) is 17.5 Å². The predicted octanol–water partition coefficient (Wildman–Crippen LogP) is 3.23. The van der Waals surface area contributed by atoms with E-state index in [1.54, 1.807) is 29.7 Å². The summed E-state index contributed by atoms with van der Waals surface area (Å²) < 4.78 is 28.0. The Morgan fingerprint density at radius 2 is 2.07 bits per heavy atom. The Labute approximate surface area is 174 Å². The summed E-state index contributed by atoms with van der Waals surface area (Å²) in [4.78, 5) is 6.70. The fourth-order valence-electron chi connectivity index (χ4n) is 3.47. The zero-order valence-corrected chi connectivity index (χ0v) is 17.3. The van der Waals surface area contributed by atoms with Gasteiger partial charge >= 0.3 is 0 Å². The summed E-state index contributed by atoms with van der Waals surface area (Å²) in [6.07, 6.45) is 2.56. The van der Waals surface area contributed by atoms with Crippen molar-refractivity contribution >= 4 is 21.4 Å². The van der Waals surface area contributed by atoms with Crippen LogP contribution in [0.5, 0.6) is 0 Å². The van der Waals surface area contributed by atoms with Crippen molar-refractivity contribution in [3.05, 3.63) is 71.2 Å². The van der Waals surface area contributed by atoms with Crippen LogP contribution < -0.4 is 4.72 Å². The molecule has 3 aromatic rings. The second-order valence-corrected chi connectivity index (χ2v) is 9.62. The van der Waals surface area contributed by atoms with Gasteiger partial charge in [-0.1, -0.05) is 30.3 Å². The molecule has 1 aliphatic rings. The number of nitrogens with zero attached hydrogens (tertiary/aromatic N) is 3. The zero-order valence-electron chi connectivity index (χ0n) is 15.7. The smallest absolute Gasteiger partial charge is 0.240 e. The van der Waals surface area contributed by atoms with Gasteiger partial charge in [0, 0.05) is 42.8 Å². The van der Waals surface area contributed by atoms with E-state index < -0.39 is 10.0 Å². The molecule has 1 N–H and O–H groups in total.